The first-order valence-electron chi connectivity index (χ1n) is 24.9. The van der Waals surface area contributed by atoms with Gasteiger partial charge in [-0.2, -0.15) is 0 Å². The van der Waals surface area contributed by atoms with Crippen molar-refractivity contribution in [3.63, 3.8) is 0 Å². The van der Waals surface area contributed by atoms with Crippen LogP contribution in [-0.4, -0.2) is 181 Å². The normalized spacial score (nSPS) is 35.6. The summed E-state index contributed by atoms with van der Waals surface area (Å²) in [6.45, 7) is 11.2. The topological polar surface area (TPSA) is 222 Å². The minimum atomic E-state index is -1.55. The van der Waals surface area contributed by atoms with Gasteiger partial charge in [-0.3, -0.25) is 19.4 Å². The van der Waals surface area contributed by atoms with E-state index in [9.17, 15) is 34.5 Å². The molecule has 1 aromatic carbocycles. The van der Waals surface area contributed by atoms with E-state index in [0.29, 0.717) is 32.4 Å². The highest BCUT2D eigenvalue weighted by Gasteiger charge is 2.54. The van der Waals surface area contributed by atoms with Crippen LogP contribution >= 0.6 is 0 Å². The number of esters is 3. The second-order valence-corrected chi connectivity index (χ2v) is 19.7. The Kier molecular flexibility index (Phi) is 21.7. The van der Waals surface area contributed by atoms with E-state index in [2.05, 4.69) is 4.98 Å². The summed E-state index contributed by atoms with van der Waals surface area (Å²) in [6.07, 6.45) is -3.62. The highest BCUT2D eigenvalue weighted by Crippen LogP contribution is 2.39. The number of methoxy groups -OCH3 is 1. The number of β-amino-alcohol motifs (C(OH)–C–C–N with tert-alkyl or cyclic N) is 1. The van der Waals surface area contributed by atoms with Gasteiger partial charge in [0.2, 0.25) is 0 Å². The summed E-state index contributed by atoms with van der Waals surface area (Å²) in [5.74, 6) is -3.88. The zero-order valence-corrected chi connectivity index (χ0v) is 42.7. The number of benzene rings is 1. The molecule has 392 valence electrons. The van der Waals surface area contributed by atoms with E-state index in [0.717, 1.165) is 22.8 Å². The molecule has 0 radical (unpaired) electrons. The number of fused-ring (bicyclic) bond motifs is 1. The van der Waals surface area contributed by atoms with Gasteiger partial charge in [-0.15, -0.1) is 0 Å². The van der Waals surface area contributed by atoms with Crippen LogP contribution in [0.4, 0.5) is 0 Å². The van der Waals surface area contributed by atoms with Gasteiger partial charge in [0.1, 0.15) is 42.7 Å². The molecular weight excluding hydrogens is 907 g/mol. The fraction of sp³-hybridized carbons (Fsp3) is 0.712. The third kappa shape index (κ3) is 15.1. The first-order valence-corrected chi connectivity index (χ1v) is 24.9. The smallest absolute Gasteiger partial charge is 0.314 e. The predicted molar refractivity (Wildman–Crippen MR) is 259 cm³/mol. The minimum Gasteiger partial charge on any atom is -0.466 e. The molecule has 0 unspecified atom stereocenters. The van der Waals surface area contributed by atoms with Gasteiger partial charge in [-0.25, -0.2) is 0 Å². The number of rotatable bonds is 15. The summed E-state index contributed by atoms with van der Waals surface area (Å²) in [4.78, 5) is 61.1. The quantitative estimate of drug-likeness (QED) is 0.127. The highest BCUT2D eigenvalue weighted by molar-refractivity contribution is 5.87. The van der Waals surface area contributed by atoms with Gasteiger partial charge < -0.3 is 67.8 Å². The van der Waals surface area contributed by atoms with Gasteiger partial charge in [0, 0.05) is 50.9 Å². The molecule has 0 amide bonds. The maximum Gasteiger partial charge on any atom is 0.314 e. The Balaban J connectivity index is 1.46. The van der Waals surface area contributed by atoms with Gasteiger partial charge in [-0.05, 0) is 104 Å². The van der Waals surface area contributed by atoms with Crippen molar-refractivity contribution in [1.29, 1.82) is 0 Å². The van der Waals surface area contributed by atoms with Gasteiger partial charge in [0.15, 0.2) is 12.6 Å². The van der Waals surface area contributed by atoms with Crippen molar-refractivity contribution in [1.82, 2.24) is 14.8 Å². The molecule has 16 atom stereocenters. The molecule has 18 heteroatoms. The first kappa shape index (κ1) is 57.0. The summed E-state index contributed by atoms with van der Waals surface area (Å²) in [6, 6.07) is 8.95. The van der Waals surface area contributed by atoms with Gasteiger partial charge in [0.05, 0.1) is 54.6 Å². The molecule has 3 saturated heterocycles. The van der Waals surface area contributed by atoms with Crippen LogP contribution in [0.25, 0.3) is 17.0 Å². The molecule has 3 aliphatic rings. The van der Waals surface area contributed by atoms with Crippen molar-refractivity contribution >= 4 is 41.2 Å². The van der Waals surface area contributed by atoms with Gasteiger partial charge in [0.25, 0.3) is 0 Å². The lowest BCUT2D eigenvalue weighted by Crippen LogP contribution is -2.65. The molecule has 0 aliphatic carbocycles. The molecule has 70 heavy (non-hydrogen) atoms. The zero-order chi connectivity index (χ0) is 51.3. The fourth-order valence-electron chi connectivity index (χ4n) is 10.3. The number of carbonyl (C=O) groups excluding carboxylic acids is 4. The lowest BCUT2D eigenvalue weighted by atomic mass is 9.80. The van der Waals surface area contributed by atoms with Crippen molar-refractivity contribution in [2.24, 2.45) is 17.8 Å². The van der Waals surface area contributed by atoms with Crippen molar-refractivity contribution in [2.75, 3.05) is 47.9 Å². The number of para-hydroxylation sites is 1. The van der Waals surface area contributed by atoms with Crippen molar-refractivity contribution in [3.05, 3.63) is 48.2 Å². The molecule has 18 nitrogen and oxygen atoms in total. The van der Waals surface area contributed by atoms with Crippen molar-refractivity contribution < 1.29 is 72.4 Å². The molecule has 4 heterocycles. The van der Waals surface area contributed by atoms with Crippen LogP contribution in [0.15, 0.2) is 42.6 Å². The number of hydrogen-bond donors (Lipinski definition) is 3. The summed E-state index contributed by atoms with van der Waals surface area (Å²) in [5, 5.41) is 36.4. The third-order valence-corrected chi connectivity index (χ3v) is 13.9. The molecular formula is C52H79N3O15. The number of aldehydes is 1. The Hall–Kier alpha value is -3.95. The summed E-state index contributed by atoms with van der Waals surface area (Å²) >= 11 is 0. The number of cyclic esters (lactones) is 1. The highest BCUT2D eigenvalue weighted by atomic mass is 16.7. The Morgan fingerprint density at radius 2 is 1.76 bits per heavy atom. The Morgan fingerprint density at radius 1 is 1.01 bits per heavy atom. The maximum absolute atomic E-state index is 14.2. The summed E-state index contributed by atoms with van der Waals surface area (Å²) < 4.78 is 49.6. The SMILES string of the molecule is CCOC(=O)[C@H]1[C@H](C)O[C@@H](O[C@H]2[C@H](N(C)C)[C@@H](O)[C@H](O[C@H]3[C@@H](CC=O)C[C@@H](C)[C@@H](O)CN(C)CCC[C@H](C/C=C/c4ccnc5ccccc45)OC(=O)C[C@@H](OC(=O)CC)[C@@H]3OC)O[C@@H]2C)C[C@@]1(C)O. The lowest BCUT2D eigenvalue weighted by Gasteiger charge is -2.50. The van der Waals surface area contributed by atoms with E-state index in [1.165, 1.54) is 14.0 Å². The van der Waals surface area contributed by atoms with Crippen LogP contribution in [0.3, 0.4) is 0 Å². The number of likely N-dealkylation sites (N-methyl/N-ethyl adjacent to an activating group) is 2. The average Bonchev–Trinajstić information content (AvgIpc) is 3.29. The number of aromatic nitrogens is 1. The largest absolute Gasteiger partial charge is 0.466 e. The van der Waals surface area contributed by atoms with Crippen LogP contribution < -0.4 is 0 Å². The molecule has 3 N–H and O–H groups in total. The minimum absolute atomic E-state index is 0.0185. The number of ether oxygens (including phenoxy) is 8. The Labute approximate surface area is 413 Å². The van der Waals surface area contributed by atoms with E-state index in [4.69, 9.17) is 37.9 Å². The van der Waals surface area contributed by atoms with Crippen LogP contribution in [0.5, 0.6) is 0 Å². The second kappa shape index (κ2) is 26.7. The molecule has 2 aromatic rings. The fourth-order valence-corrected chi connectivity index (χ4v) is 10.3. The van der Waals surface area contributed by atoms with Crippen LogP contribution in [-0.2, 0) is 57.1 Å². The third-order valence-electron chi connectivity index (χ3n) is 13.9. The van der Waals surface area contributed by atoms with E-state index < -0.39 is 115 Å². The molecule has 3 fully saturated rings. The van der Waals surface area contributed by atoms with E-state index >= 15 is 0 Å². The summed E-state index contributed by atoms with van der Waals surface area (Å²) in [5.41, 5.74) is 0.278. The standard InChI is InChI=1S/C52H79N3O15/c1-11-41(58)68-40-28-42(59)67-36(18-15-17-34-22-24-53-38-21-14-13-20-37(34)38)19-16-25-55(9)30-39(57)31(3)27-35(23-26-56)48(49(40)63-10)70-51-46(60)45(54(7)8)47(33(5)66-51)69-43-29-52(6,62)44(32(4)65-43)50(61)64-12-2/h13-15,17,20-22,24,26,31-33,35-36,39-40,43-49,51,57,60,62H,11-12,16,18-19,23,25,27-30H2,1-10H3/b17-15+/t31-,32+,33-,35+,36+,39+,40-,43+,44-,45-,46-,47-,48+,49+,51+,52-/m1/s1. The maximum atomic E-state index is 14.2. The van der Waals surface area contributed by atoms with Gasteiger partial charge >= 0.3 is 17.9 Å². The Bertz CT molecular complexity index is 2010. The Morgan fingerprint density at radius 3 is 2.43 bits per heavy atom. The molecule has 0 bridgehead atoms. The number of aliphatic hydroxyl groups excluding tert-OH is 2. The van der Waals surface area contributed by atoms with E-state index in [1.54, 1.807) is 52.9 Å². The zero-order valence-electron chi connectivity index (χ0n) is 42.7. The lowest BCUT2D eigenvalue weighted by molar-refractivity contribution is -0.340. The molecule has 3 aliphatic heterocycles. The monoisotopic (exact) mass is 986 g/mol. The summed E-state index contributed by atoms with van der Waals surface area (Å²) in [7, 11) is 6.82. The second-order valence-electron chi connectivity index (χ2n) is 19.7. The van der Waals surface area contributed by atoms with E-state index in [1.807, 2.05) is 61.4 Å². The van der Waals surface area contributed by atoms with Crippen LogP contribution in [0, 0.1) is 17.8 Å². The average molecular weight is 986 g/mol. The molecule has 5 rings (SSSR count). The first-order chi connectivity index (χ1) is 33.3. The van der Waals surface area contributed by atoms with E-state index in [-0.39, 0.29) is 38.2 Å². The van der Waals surface area contributed by atoms with Gasteiger partial charge in [-0.1, -0.05) is 44.2 Å². The number of hydrogen-bond acceptors (Lipinski definition) is 18. The molecule has 0 spiro atoms. The molecule has 0 saturated carbocycles. The van der Waals surface area contributed by atoms with Crippen LogP contribution in [0.1, 0.15) is 98.5 Å². The van der Waals surface area contributed by atoms with Crippen molar-refractivity contribution in [3.8, 4) is 0 Å². The predicted octanol–water partition coefficient (Wildman–Crippen LogP) is 4.47. The molecule has 1 aromatic heterocycles. The number of aliphatic hydroxyl groups is 3. The van der Waals surface area contributed by atoms with Crippen LogP contribution in [0.2, 0.25) is 0 Å². The number of pyridine rings is 1. The number of nitrogens with zero attached hydrogens (tertiary/aromatic N) is 3. The van der Waals surface area contributed by atoms with Crippen molar-refractivity contribution in [2.45, 2.75) is 172 Å². The number of carbonyl (C=O) groups is 4.